The van der Waals surface area contributed by atoms with Gasteiger partial charge in [-0.2, -0.15) is 0 Å². The van der Waals surface area contributed by atoms with Gasteiger partial charge < -0.3 is 18.9 Å². The molecule has 0 spiro atoms. The molecule has 2 aliphatic rings. The zero-order valence-corrected chi connectivity index (χ0v) is 10.9. The fourth-order valence-corrected chi connectivity index (χ4v) is 2.70. The van der Waals surface area contributed by atoms with Crippen molar-refractivity contribution in [2.24, 2.45) is 0 Å². The third-order valence-corrected chi connectivity index (χ3v) is 3.79. The SMILES string of the molecule is O=C(c1ccc2c(c1)OCO2)N1CCn2cccc2C1. The Bertz CT molecular complexity index is 678. The number of fused-ring (bicyclic) bond motifs is 2. The number of carbonyl (C=O) groups excluding carboxylic acids is 1. The predicted octanol–water partition coefficient (Wildman–Crippen LogP) is 1.87. The molecule has 2 aromatic rings. The van der Waals surface area contributed by atoms with Gasteiger partial charge in [-0.3, -0.25) is 4.79 Å². The first-order valence-electron chi connectivity index (χ1n) is 6.64. The molecule has 5 nitrogen and oxygen atoms in total. The Morgan fingerprint density at radius 2 is 2.00 bits per heavy atom. The summed E-state index contributed by atoms with van der Waals surface area (Å²) in [6.45, 7) is 2.46. The van der Waals surface area contributed by atoms with Crippen molar-refractivity contribution >= 4 is 5.91 Å². The first-order valence-corrected chi connectivity index (χ1v) is 6.64. The second kappa shape index (κ2) is 4.30. The van der Waals surface area contributed by atoms with Crippen LogP contribution in [0.25, 0.3) is 0 Å². The van der Waals surface area contributed by atoms with Gasteiger partial charge in [0.05, 0.1) is 6.54 Å². The Labute approximate surface area is 116 Å². The van der Waals surface area contributed by atoms with Crippen molar-refractivity contribution in [1.29, 1.82) is 0 Å². The van der Waals surface area contributed by atoms with Crippen molar-refractivity contribution in [2.75, 3.05) is 13.3 Å². The van der Waals surface area contributed by atoms with Crippen LogP contribution in [0.2, 0.25) is 0 Å². The number of amides is 1. The van der Waals surface area contributed by atoms with Gasteiger partial charge in [0.25, 0.3) is 5.91 Å². The molecule has 0 bridgehead atoms. The summed E-state index contributed by atoms with van der Waals surface area (Å²) in [5, 5.41) is 0. The van der Waals surface area contributed by atoms with E-state index < -0.39 is 0 Å². The molecule has 20 heavy (non-hydrogen) atoms. The van der Waals surface area contributed by atoms with Gasteiger partial charge in [-0.15, -0.1) is 0 Å². The molecule has 5 heteroatoms. The topological polar surface area (TPSA) is 43.7 Å². The van der Waals surface area contributed by atoms with Gasteiger partial charge in [0.1, 0.15) is 0 Å². The molecule has 0 fully saturated rings. The molecule has 0 atom stereocenters. The third kappa shape index (κ3) is 1.74. The molecule has 3 heterocycles. The largest absolute Gasteiger partial charge is 0.454 e. The van der Waals surface area contributed by atoms with Crippen LogP contribution in [0, 0.1) is 0 Å². The van der Waals surface area contributed by atoms with E-state index in [9.17, 15) is 4.79 Å². The zero-order valence-electron chi connectivity index (χ0n) is 10.9. The Balaban J connectivity index is 1.59. The maximum Gasteiger partial charge on any atom is 0.254 e. The van der Waals surface area contributed by atoms with Gasteiger partial charge in [-0.1, -0.05) is 0 Å². The Hall–Kier alpha value is -2.43. The smallest absolute Gasteiger partial charge is 0.254 e. The molecule has 0 N–H and O–H groups in total. The quantitative estimate of drug-likeness (QED) is 0.794. The van der Waals surface area contributed by atoms with E-state index in [0.717, 1.165) is 13.1 Å². The van der Waals surface area contributed by atoms with Crippen LogP contribution in [0.15, 0.2) is 36.5 Å². The van der Waals surface area contributed by atoms with E-state index in [4.69, 9.17) is 9.47 Å². The minimum Gasteiger partial charge on any atom is -0.454 e. The zero-order chi connectivity index (χ0) is 13.5. The summed E-state index contributed by atoms with van der Waals surface area (Å²) in [5.74, 6) is 1.39. The summed E-state index contributed by atoms with van der Waals surface area (Å²) in [7, 11) is 0. The lowest BCUT2D eigenvalue weighted by Crippen LogP contribution is -2.37. The van der Waals surface area contributed by atoms with Gasteiger partial charge in [-0.25, -0.2) is 0 Å². The van der Waals surface area contributed by atoms with E-state index in [1.54, 1.807) is 18.2 Å². The normalized spacial score (nSPS) is 16.1. The van der Waals surface area contributed by atoms with Crippen LogP contribution in [0.5, 0.6) is 11.5 Å². The van der Waals surface area contributed by atoms with Crippen LogP contribution < -0.4 is 9.47 Å². The second-order valence-electron chi connectivity index (χ2n) is 4.99. The molecule has 0 unspecified atom stereocenters. The van der Waals surface area contributed by atoms with E-state index in [2.05, 4.69) is 16.8 Å². The van der Waals surface area contributed by atoms with Crippen LogP contribution in [-0.2, 0) is 13.1 Å². The molecular formula is C15H14N2O3. The average Bonchev–Trinajstić information content (AvgIpc) is 3.13. The molecule has 4 rings (SSSR count). The monoisotopic (exact) mass is 270 g/mol. The molecule has 1 aromatic heterocycles. The maximum atomic E-state index is 12.6. The molecule has 0 saturated heterocycles. The number of carbonyl (C=O) groups is 1. The number of aromatic nitrogens is 1. The number of ether oxygens (including phenoxy) is 2. The maximum absolute atomic E-state index is 12.6. The minimum atomic E-state index is 0.0377. The number of benzene rings is 1. The number of hydrogen-bond acceptors (Lipinski definition) is 3. The van der Waals surface area contributed by atoms with Gasteiger partial charge in [0.15, 0.2) is 11.5 Å². The van der Waals surface area contributed by atoms with Gasteiger partial charge in [-0.05, 0) is 30.3 Å². The van der Waals surface area contributed by atoms with E-state index in [-0.39, 0.29) is 12.7 Å². The predicted molar refractivity (Wildman–Crippen MR) is 71.7 cm³/mol. The van der Waals surface area contributed by atoms with Crippen molar-refractivity contribution in [3.8, 4) is 11.5 Å². The van der Waals surface area contributed by atoms with Gasteiger partial charge in [0, 0.05) is 30.5 Å². The Morgan fingerprint density at radius 3 is 2.95 bits per heavy atom. The number of nitrogens with zero attached hydrogens (tertiary/aromatic N) is 2. The highest BCUT2D eigenvalue weighted by molar-refractivity contribution is 5.95. The lowest BCUT2D eigenvalue weighted by Gasteiger charge is -2.28. The van der Waals surface area contributed by atoms with Crippen LogP contribution in [0.4, 0.5) is 0 Å². The van der Waals surface area contributed by atoms with Gasteiger partial charge >= 0.3 is 0 Å². The average molecular weight is 270 g/mol. The van der Waals surface area contributed by atoms with Crippen molar-refractivity contribution in [2.45, 2.75) is 13.1 Å². The summed E-state index contributed by atoms with van der Waals surface area (Å²) in [6, 6.07) is 9.42. The molecule has 0 aliphatic carbocycles. The van der Waals surface area contributed by atoms with E-state index in [1.807, 2.05) is 11.0 Å². The molecule has 2 aliphatic heterocycles. The van der Waals surface area contributed by atoms with Crippen molar-refractivity contribution in [1.82, 2.24) is 9.47 Å². The lowest BCUT2D eigenvalue weighted by atomic mass is 10.1. The Morgan fingerprint density at radius 1 is 1.10 bits per heavy atom. The lowest BCUT2D eigenvalue weighted by molar-refractivity contribution is 0.0711. The number of hydrogen-bond donors (Lipinski definition) is 0. The van der Waals surface area contributed by atoms with Crippen molar-refractivity contribution in [3.63, 3.8) is 0 Å². The highest BCUT2D eigenvalue weighted by Gasteiger charge is 2.23. The molecule has 102 valence electrons. The molecule has 0 saturated carbocycles. The molecule has 1 amide bonds. The third-order valence-electron chi connectivity index (χ3n) is 3.79. The first kappa shape index (κ1) is 11.4. The number of rotatable bonds is 1. The highest BCUT2D eigenvalue weighted by atomic mass is 16.7. The molecule has 0 radical (unpaired) electrons. The van der Waals surface area contributed by atoms with Crippen molar-refractivity contribution < 1.29 is 14.3 Å². The molecular weight excluding hydrogens is 256 g/mol. The summed E-state index contributed by atoms with van der Waals surface area (Å²) in [5.41, 5.74) is 1.82. The van der Waals surface area contributed by atoms with Crippen LogP contribution >= 0.6 is 0 Å². The van der Waals surface area contributed by atoms with E-state index in [0.29, 0.717) is 23.6 Å². The standard InChI is InChI=1S/C15H14N2O3/c18-15(11-3-4-13-14(8-11)20-10-19-13)17-7-6-16-5-1-2-12(16)9-17/h1-5,8H,6-7,9-10H2. The Kier molecular flexibility index (Phi) is 2.45. The second-order valence-corrected chi connectivity index (χ2v) is 4.99. The fourth-order valence-electron chi connectivity index (χ4n) is 2.70. The van der Waals surface area contributed by atoms with Crippen LogP contribution in [-0.4, -0.2) is 28.7 Å². The van der Waals surface area contributed by atoms with Crippen LogP contribution in [0.1, 0.15) is 16.1 Å². The van der Waals surface area contributed by atoms with Crippen LogP contribution in [0.3, 0.4) is 0 Å². The summed E-state index contributed by atoms with van der Waals surface area (Å²) in [4.78, 5) is 14.4. The van der Waals surface area contributed by atoms with E-state index in [1.165, 1.54) is 5.69 Å². The van der Waals surface area contributed by atoms with Gasteiger partial charge in [0.2, 0.25) is 6.79 Å². The van der Waals surface area contributed by atoms with E-state index >= 15 is 0 Å². The molecule has 1 aromatic carbocycles. The summed E-state index contributed by atoms with van der Waals surface area (Å²) < 4.78 is 12.8. The highest BCUT2D eigenvalue weighted by Crippen LogP contribution is 2.33. The fraction of sp³-hybridized carbons (Fsp3) is 0.267. The summed E-state index contributed by atoms with van der Waals surface area (Å²) >= 11 is 0. The van der Waals surface area contributed by atoms with Crippen molar-refractivity contribution in [3.05, 3.63) is 47.8 Å². The summed E-state index contributed by atoms with van der Waals surface area (Å²) in [6.07, 6.45) is 2.05. The first-order chi connectivity index (χ1) is 9.81. The minimum absolute atomic E-state index is 0.0377.